The van der Waals surface area contributed by atoms with E-state index in [-0.39, 0.29) is 12.1 Å². The summed E-state index contributed by atoms with van der Waals surface area (Å²) in [6, 6.07) is 10.7. The van der Waals surface area contributed by atoms with Gasteiger partial charge in [0.15, 0.2) is 0 Å². The molecule has 1 unspecified atom stereocenters. The van der Waals surface area contributed by atoms with Crippen LogP contribution in [0.15, 0.2) is 70.3 Å². The highest BCUT2D eigenvalue weighted by Gasteiger charge is 2.32. The van der Waals surface area contributed by atoms with Gasteiger partial charge in [0.25, 0.3) is 0 Å². The summed E-state index contributed by atoms with van der Waals surface area (Å²) in [5.74, 6) is 0. The van der Waals surface area contributed by atoms with Crippen molar-refractivity contribution in [2.75, 3.05) is 18.4 Å². The predicted molar refractivity (Wildman–Crippen MR) is 95.5 cm³/mol. The lowest BCUT2D eigenvalue weighted by Gasteiger charge is -2.29. The maximum atomic E-state index is 12.6. The molecular formula is C18H16ClN5O. The van der Waals surface area contributed by atoms with E-state index in [0.717, 1.165) is 16.8 Å². The summed E-state index contributed by atoms with van der Waals surface area (Å²) >= 11 is 5.97. The average molecular weight is 354 g/mol. The third kappa shape index (κ3) is 3.25. The number of hydrogen-bond donors (Lipinski definition) is 1. The molecule has 6 nitrogen and oxygen atoms in total. The molecule has 1 N–H and O–H groups in total. The summed E-state index contributed by atoms with van der Waals surface area (Å²) in [5, 5.41) is 12.2. The molecule has 2 aromatic rings. The smallest absolute Gasteiger partial charge is 0.320 e. The van der Waals surface area contributed by atoms with Crippen molar-refractivity contribution >= 4 is 23.3 Å². The van der Waals surface area contributed by atoms with Crippen molar-refractivity contribution in [1.29, 1.82) is 0 Å². The summed E-state index contributed by atoms with van der Waals surface area (Å²) in [4.78, 5) is 18.5. The molecule has 0 radical (unpaired) electrons. The van der Waals surface area contributed by atoms with E-state index >= 15 is 0 Å². The highest BCUT2D eigenvalue weighted by atomic mass is 35.5. The fourth-order valence-corrected chi connectivity index (χ4v) is 3.27. The number of halogens is 1. The first-order chi connectivity index (χ1) is 12.2. The summed E-state index contributed by atoms with van der Waals surface area (Å²) < 4.78 is 0. The van der Waals surface area contributed by atoms with E-state index in [4.69, 9.17) is 11.6 Å². The number of carbonyl (C=O) groups excluding carboxylic acids is 1. The molecular weight excluding hydrogens is 338 g/mol. The van der Waals surface area contributed by atoms with Gasteiger partial charge in [-0.3, -0.25) is 4.98 Å². The van der Waals surface area contributed by atoms with Crippen LogP contribution in [-0.4, -0.2) is 29.0 Å². The van der Waals surface area contributed by atoms with Crippen LogP contribution in [0.25, 0.3) is 0 Å². The van der Waals surface area contributed by atoms with Gasteiger partial charge in [-0.15, -0.1) is 0 Å². The predicted octanol–water partition coefficient (Wildman–Crippen LogP) is 4.43. The molecule has 2 amide bonds. The Hall–Kier alpha value is -2.73. The molecule has 2 aliphatic rings. The standard InChI is InChI=1S/C18H16ClN5O/c19-13-4-1-5-14(9-13)21-18(25)24-8-6-16-15(11-24)17(23-22-16)12-3-2-7-20-10-12/h1-5,7,9-10,17H,6,8,11H2,(H,21,25). The maximum Gasteiger partial charge on any atom is 0.322 e. The number of anilines is 1. The van der Waals surface area contributed by atoms with Crippen LogP contribution in [0.3, 0.4) is 0 Å². The van der Waals surface area contributed by atoms with Crippen molar-refractivity contribution in [2.24, 2.45) is 10.2 Å². The Labute approximate surface area is 150 Å². The quantitative estimate of drug-likeness (QED) is 0.867. The first-order valence-electron chi connectivity index (χ1n) is 8.05. The second kappa shape index (κ2) is 6.64. The Bertz CT molecular complexity index is 865. The molecule has 0 spiro atoms. The zero-order chi connectivity index (χ0) is 17.2. The van der Waals surface area contributed by atoms with Gasteiger partial charge in [0, 0.05) is 53.8 Å². The third-order valence-corrected chi connectivity index (χ3v) is 4.57. The summed E-state index contributed by atoms with van der Waals surface area (Å²) in [7, 11) is 0. The number of rotatable bonds is 2. The van der Waals surface area contributed by atoms with Crippen LogP contribution in [0, 0.1) is 0 Å². The van der Waals surface area contributed by atoms with Gasteiger partial charge in [0.2, 0.25) is 0 Å². The number of nitrogens with one attached hydrogen (secondary N) is 1. The molecule has 1 aromatic heterocycles. The highest BCUT2D eigenvalue weighted by Crippen LogP contribution is 2.38. The molecule has 25 heavy (non-hydrogen) atoms. The largest absolute Gasteiger partial charge is 0.322 e. The Morgan fingerprint density at radius 2 is 2.20 bits per heavy atom. The molecule has 0 saturated heterocycles. The molecule has 4 rings (SSSR count). The number of hydrogen-bond acceptors (Lipinski definition) is 4. The van der Waals surface area contributed by atoms with E-state index in [9.17, 15) is 4.79 Å². The van der Waals surface area contributed by atoms with Gasteiger partial charge in [0.05, 0.1) is 5.70 Å². The van der Waals surface area contributed by atoms with Crippen molar-refractivity contribution < 1.29 is 4.79 Å². The van der Waals surface area contributed by atoms with Gasteiger partial charge < -0.3 is 10.2 Å². The lowest BCUT2D eigenvalue weighted by atomic mass is 9.96. The molecule has 7 heteroatoms. The number of pyridine rings is 1. The molecule has 0 bridgehead atoms. The van der Waals surface area contributed by atoms with Crippen molar-refractivity contribution in [3.63, 3.8) is 0 Å². The van der Waals surface area contributed by atoms with Crippen molar-refractivity contribution in [1.82, 2.24) is 9.88 Å². The topological polar surface area (TPSA) is 70.0 Å². The second-order valence-corrected chi connectivity index (χ2v) is 6.42. The summed E-state index contributed by atoms with van der Waals surface area (Å²) in [6.45, 7) is 1.12. The van der Waals surface area contributed by atoms with Gasteiger partial charge >= 0.3 is 6.03 Å². The number of amides is 2. The zero-order valence-electron chi connectivity index (χ0n) is 13.4. The van der Waals surface area contributed by atoms with Gasteiger partial charge in [-0.1, -0.05) is 23.7 Å². The van der Waals surface area contributed by atoms with E-state index in [2.05, 4.69) is 20.5 Å². The monoisotopic (exact) mass is 353 g/mol. The Morgan fingerprint density at radius 3 is 3.00 bits per heavy atom. The first kappa shape index (κ1) is 15.8. The fraction of sp³-hybridized carbons (Fsp3) is 0.222. The Morgan fingerprint density at radius 1 is 1.28 bits per heavy atom. The minimum atomic E-state index is -0.148. The second-order valence-electron chi connectivity index (χ2n) is 5.99. The first-order valence-corrected chi connectivity index (χ1v) is 8.43. The van der Waals surface area contributed by atoms with Crippen molar-refractivity contribution in [3.8, 4) is 0 Å². The molecule has 0 aliphatic carbocycles. The molecule has 1 atom stereocenters. The van der Waals surface area contributed by atoms with Crippen molar-refractivity contribution in [2.45, 2.75) is 12.5 Å². The van der Waals surface area contributed by atoms with E-state index < -0.39 is 0 Å². The SMILES string of the molecule is O=C(Nc1cccc(Cl)c1)N1CCC2=C(C1)C(c1cccnc1)N=N2. The highest BCUT2D eigenvalue weighted by molar-refractivity contribution is 6.30. The maximum absolute atomic E-state index is 12.6. The molecule has 3 heterocycles. The van der Waals surface area contributed by atoms with E-state index in [1.165, 1.54) is 0 Å². The molecule has 126 valence electrons. The average Bonchev–Trinajstić information content (AvgIpc) is 3.05. The molecule has 0 fully saturated rings. The van der Waals surface area contributed by atoms with E-state index in [1.54, 1.807) is 29.4 Å². The van der Waals surface area contributed by atoms with Gasteiger partial charge in [0.1, 0.15) is 6.04 Å². The minimum absolute atomic E-state index is 0.148. The number of benzene rings is 1. The van der Waals surface area contributed by atoms with Gasteiger partial charge in [-0.05, 0) is 24.3 Å². The van der Waals surface area contributed by atoms with Crippen molar-refractivity contribution in [3.05, 3.63) is 70.6 Å². The zero-order valence-corrected chi connectivity index (χ0v) is 14.1. The number of urea groups is 1. The Balaban J connectivity index is 1.49. The van der Waals surface area contributed by atoms with Crippen LogP contribution < -0.4 is 5.32 Å². The van der Waals surface area contributed by atoms with Gasteiger partial charge in [-0.2, -0.15) is 10.2 Å². The van der Waals surface area contributed by atoms with E-state index in [1.807, 2.05) is 24.3 Å². The number of nitrogens with zero attached hydrogens (tertiary/aromatic N) is 4. The molecule has 2 aliphatic heterocycles. The Kier molecular flexibility index (Phi) is 4.19. The van der Waals surface area contributed by atoms with Crippen LogP contribution in [0.5, 0.6) is 0 Å². The van der Waals surface area contributed by atoms with Crippen LogP contribution >= 0.6 is 11.6 Å². The summed E-state index contributed by atoms with van der Waals surface area (Å²) in [5.41, 5.74) is 3.73. The van der Waals surface area contributed by atoms with E-state index in [0.29, 0.717) is 30.2 Å². The lowest BCUT2D eigenvalue weighted by molar-refractivity contribution is 0.213. The van der Waals surface area contributed by atoms with Crippen LogP contribution in [0.4, 0.5) is 10.5 Å². The van der Waals surface area contributed by atoms with Crippen LogP contribution in [-0.2, 0) is 0 Å². The van der Waals surface area contributed by atoms with Crippen LogP contribution in [0.2, 0.25) is 5.02 Å². The third-order valence-electron chi connectivity index (χ3n) is 4.34. The fourth-order valence-electron chi connectivity index (χ4n) is 3.08. The van der Waals surface area contributed by atoms with Crippen LogP contribution in [0.1, 0.15) is 18.0 Å². The van der Waals surface area contributed by atoms with Gasteiger partial charge in [-0.25, -0.2) is 4.79 Å². The number of carbonyl (C=O) groups is 1. The lowest BCUT2D eigenvalue weighted by Crippen LogP contribution is -2.40. The molecule has 0 saturated carbocycles. The summed E-state index contributed by atoms with van der Waals surface area (Å²) in [6.07, 6.45) is 4.24. The number of azo groups is 1. The number of aromatic nitrogens is 1. The minimum Gasteiger partial charge on any atom is -0.320 e. The molecule has 1 aromatic carbocycles. The normalized spacial score (nSPS) is 19.1.